The minimum atomic E-state index is -1.67. The van der Waals surface area contributed by atoms with E-state index in [0.717, 1.165) is 56.8 Å². The highest BCUT2D eigenvalue weighted by molar-refractivity contribution is 5.99. The van der Waals surface area contributed by atoms with E-state index in [1.807, 2.05) is 18.2 Å². The van der Waals surface area contributed by atoms with Crippen LogP contribution in [0.25, 0.3) is 11.0 Å². The van der Waals surface area contributed by atoms with Gasteiger partial charge >= 0.3 is 12.0 Å². The maximum atomic E-state index is 13.6. The van der Waals surface area contributed by atoms with E-state index in [1.165, 1.54) is 16.0 Å². The number of H-pyrrole nitrogens is 2. The summed E-state index contributed by atoms with van der Waals surface area (Å²) in [7, 11) is 0. The summed E-state index contributed by atoms with van der Waals surface area (Å²) < 4.78 is 5.42. The number of nitrogens with zero attached hydrogens (tertiary/aromatic N) is 5. The fourth-order valence-electron chi connectivity index (χ4n) is 4.11. The number of urea groups is 1. The number of imidazole rings is 1. The van der Waals surface area contributed by atoms with Gasteiger partial charge in [-0.15, -0.1) is 0 Å². The predicted octanol–water partition coefficient (Wildman–Crippen LogP) is 1.29. The van der Waals surface area contributed by atoms with Crippen molar-refractivity contribution in [1.29, 1.82) is 0 Å². The van der Waals surface area contributed by atoms with Crippen LogP contribution in [0.15, 0.2) is 30.6 Å². The van der Waals surface area contributed by atoms with Crippen LogP contribution in [-0.2, 0) is 16.1 Å². The molecule has 2 amide bonds. The summed E-state index contributed by atoms with van der Waals surface area (Å²) in [6, 6.07) is 5.36. The number of carboxylic acids is 1. The van der Waals surface area contributed by atoms with Crippen LogP contribution in [0.1, 0.15) is 18.4 Å². The first-order valence-electron chi connectivity index (χ1n) is 11.3. The standard InChI is InChI=1S/C22H27N7O5/c30-19(20(31)32)13-28(15-2-3-15)22(33)29(16-10-23-24-11-16)21-25-17-4-1-14(9-18(17)26-21)12-27-5-7-34-8-6-27/h1,4,9-11,15,19,30H,2-3,5-8,12-13H2,(H,23,24)(H,25,26)(H,31,32). The number of aliphatic hydroxyl groups excluding tert-OH is 1. The number of hydrogen-bond acceptors (Lipinski definition) is 7. The zero-order valence-electron chi connectivity index (χ0n) is 18.6. The molecule has 1 saturated heterocycles. The van der Waals surface area contributed by atoms with E-state index in [9.17, 15) is 14.7 Å². The molecule has 1 saturated carbocycles. The van der Waals surface area contributed by atoms with E-state index >= 15 is 0 Å². The fraction of sp³-hybridized carbons (Fsp3) is 0.455. The highest BCUT2D eigenvalue weighted by atomic mass is 16.5. The van der Waals surface area contributed by atoms with E-state index in [0.29, 0.717) is 17.2 Å². The summed E-state index contributed by atoms with van der Waals surface area (Å²) in [5.74, 6) is -1.08. The summed E-state index contributed by atoms with van der Waals surface area (Å²) in [5.41, 5.74) is 3.04. The first kappa shape index (κ1) is 22.3. The van der Waals surface area contributed by atoms with Gasteiger partial charge in [0.05, 0.1) is 42.7 Å². The second-order valence-corrected chi connectivity index (χ2v) is 8.61. The Balaban J connectivity index is 1.44. The third-order valence-electron chi connectivity index (χ3n) is 6.08. The Morgan fingerprint density at radius 3 is 2.74 bits per heavy atom. The Morgan fingerprint density at radius 1 is 1.26 bits per heavy atom. The SMILES string of the molecule is O=C(O)C(O)CN(C(=O)N(c1cn[nH]c1)c1nc2cc(CN3CCOCC3)ccc2[nH]1)C1CC1. The van der Waals surface area contributed by atoms with Crippen LogP contribution in [0.4, 0.5) is 16.4 Å². The molecule has 1 aliphatic heterocycles. The molecule has 180 valence electrons. The summed E-state index contributed by atoms with van der Waals surface area (Å²) in [5, 5.41) is 25.7. The van der Waals surface area contributed by atoms with Gasteiger partial charge in [0.15, 0.2) is 6.10 Å². The van der Waals surface area contributed by atoms with Gasteiger partial charge in [0.2, 0.25) is 5.95 Å². The Bertz CT molecular complexity index is 1150. The van der Waals surface area contributed by atoms with Crippen LogP contribution >= 0.6 is 0 Å². The third kappa shape index (κ3) is 4.74. The van der Waals surface area contributed by atoms with Crippen molar-refractivity contribution in [2.24, 2.45) is 0 Å². The average Bonchev–Trinajstić information content (AvgIpc) is 3.36. The van der Waals surface area contributed by atoms with Gasteiger partial charge in [-0.1, -0.05) is 6.07 Å². The molecule has 2 aliphatic rings. The number of morpholine rings is 1. The number of aromatic nitrogens is 4. The molecule has 2 aromatic heterocycles. The van der Waals surface area contributed by atoms with Crippen LogP contribution in [0, 0.1) is 0 Å². The minimum Gasteiger partial charge on any atom is -0.479 e. The molecule has 3 heterocycles. The molecule has 2 fully saturated rings. The molecule has 1 unspecified atom stereocenters. The molecule has 4 N–H and O–H groups in total. The zero-order chi connectivity index (χ0) is 23.7. The van der Waals surface area contributed by atoms with E-state index in [2.05, 4.69) is 25.1 Å². The molecule has 12 nitrogen and oxygen atoms in total. The van der Waals surface area contributed by atoms with E-state index in [-0.39, 0.29) is 12.6 Å². The Kier molecular flexibility index (Phi) is 6.18. The number of nitrogens with one attached hydrogen (secondary N) is 2. The van der Waals surface area contributed by atoms with Gasteiger partial charge in [-0.3, -0.25) is 10.00 Å². The first-order valence-corrected chi connectivity index (χ1v) is 11.3. The van der Waals surface area contributed by atoms with Crippen molar-refractivity contribution < 1.29 is 24.5 Å². The van der Waals surface area contributed by atoms with Gasteiger partial charge in [-0.05, 0) is 30.5 Å². The lowest BCUT2D eigenvalue weighted by atomic mass is 10.2. The second kappa shape index (κ2) is 9.41. The van der Waals surface area contributed by atoms with E-state index in [4.69, 9.17) is 9.84 Å². The minimum absolute atomic E-state index is 0.125. The van der Waals surface area contributed by atoms with Gasteiger partial charge in [-0.25, -0.2) is 19.5 Å². The summed E-state index contributed by atoms with van der Waals surface area (Å²) >= 11 is 0. The number of amides is 2. The quantitative estimate of drug-likeness (QED) is 0.385. The Labute approximate surface area is 195 Å². The van der Waals surface area contributed by atoms with Gasteiger partial charge in [0.1, 0.15) is 0 Å². The normalized spacial score (nSPS) is 17.6. The topological polar surface area (TPSA) is 151 Å². The number of hydrogen-bond donors (Lipinski definition) is 4. The van der Waals surface area contributed by atoms with Gasteiger partial charge < -0.3 is 24.8 Å². The molecule has 1 aliphatic carbocycles. The molecule has 1 aromatic carbocycles. The number of aliphatic hydroxyl groups is 1. The van der Waals surface area contributed by atoms with Crippen molar-refractivity contribution in [3.8, 4) is 0 Å². The number of rotatable bonds is 8. The zero-order valence-corrected chi connectivity index (χ0v) is 18.6. The fourth-order valence-corrected chi connectivity index (χ4v) is 4.11. The molecule has 12 heteroatoms. The average molecular weight is 470 g/mol. The van der Waals surface area contributed by atoms with Crippen molar-refractivity contribution in [3.63, 3.8) is 0 Å². The Morgan fingerprint density at radius 2 is 2.06 bits per heavy atom. The molecule has 0 spiro atoms. The first-order chi connectivity index (χ1) is 16.5. The van der Waals surface area contributed by atoms with Crippen LogP contribution in [0.5, 0.6) is 0 Å². The molecule has 34 heavy (non-hydrogen) atoms. The molecule has 5 rings (SSSR count). The number of anilines is 2. The van der Waals surface area contributed by atoms with Crippen LogP contribution in [0.3, 0.4) is 0 Å². The maximum Gasteiger partial charge on any atom is 0.334 e. The number of carbonyl (C=O) groups excluding carboxylic acids is 1. The number of aromatic amines is 2. The molecule has 1 atom stereocenters. The number of carbonyl (C=O) groups is 2. The second-order valence-electron chi connectivity index (χ2n) is 8.61. The maximum absolute atomic E-state index is 13.6. The van der Waals surface area contributed by atoms with Crippen molar-refractivity contribution in [2.75, 3.05) is 37.7 Å². The van der Waals surface area contributed by atoms with Crippen LogP contribution in [-0.4, -0.2) is 97.2 Å². The van der Waals surface area contributed by atoms with Gasteiger partial charge in [0.25, 0.3) is 0 Å². The number of fused-ring (bicyclic) bond motifs is 1. The van der Waals surface area contributed by atoms with Crippen molar-refractivity contribution in [1.82, 2.24) is 30.0 Å². The third-order valence-corrected chi connectivity index (χ3v) is 6.08. The van der Waals surface area contributed by atoms with E-state index in [1.54, 1.807) is 6.20 Å². The number of aliphatic carboxylic acids is 1. The van der Waals surface area contributed by atoms with Gasteiger partial charge in [0, 0.05) is 31.9 Å². The van der Waals surface area contributed by atoms with E-state index < -0.39 is 18.1 Å². The highest BCUT2D eigenvalue weighted by Crippen LogP contribution is 2.32. The lowest BCUT2D eigenvalue weighted by Crippen LogP contribution is -2.47. The van der Waals surface area contributed by atoms with Crippen LogP contribution < -0.4 is 4.90 Å². The molecule has 0 radical (unpaired) electrons. The summed E-state index contributed by atoms with van der Waals surface area (Å²) in [6.45, 7) is 3.69. The molecular formula is C22H27N7O5. The van der Waals surface area contributed by atoms with Crippen molar-refractivity contribution in [2.45, 2.75) is 31.5 Å². The Hall–Kier alpha value is -3.48. The number of carboxylic acid groups (broad SMARTS) is 1. The number of benzene rings is 1. The number of ether oxygens (including phenoxy) is 1. The van der Waals surface area contributed by atoms with Crippen molar-refractivity contribution >= 4 is 34.7 Å². The van der Waals surface area contributed by atoms with Gasteiger partial charge in [-0.2, -0.15) is 5.10 Å². The van der Waals surface area contributed by atoms with Crippen molar-refractivity contribution in [3.05, 3.63) is 36.2 Å². The summed E-state index contributed by atoms with van der Waals surface area (Å²) in [6.07, 6.45) is 2.89. The molecule has 0 bridgehead atoms. The lowest BCUT2D eigenvalue weighted by Gasteiger charge is -2.29. The monoisotopic (exact) mass is 469 g/mol. The highest BCUT2D eigenvalue weighted by Gasteiger charge is 2.39. The molecular weight excluding hydrogens is 442 g/mol. The largest absolute Gasteiger partial charge is 0.479 e. The smallest absolute Gasteiger partial charge is 0.334 e. The van der Waals surface area contributed by atoms with Crippen LogP contribution in [0.2, 0.25) is 0 Å². The molecule has 3 aromatic rings. The summed E-state index contributed by atoms with van der Waals surface area (Å²) in [4.78, 5) is 37.8. The predicted molar refractivity (Wildman–Crippen MR) is 122 cm³/mol. The lowest BCUT2D eigenvalue weighted by molar-refractivity contribution is -0.147.